The van der Waals surface area contributed by atoms with E-state index in [9.17, 15) is 8.78 Å². The lowest BCUT2D eigenvalue weighted by Crippen LogP contribution is -1.99. The first-order valence-electron chi connectivity index (χ1n) is 5.16. The molecule has 0 unspecified atom stereocenters. The van der Waals surface area contributed by atoms with E-state index < -0.39 is 11.6 Å². The number of benzene rings is 1. The summed E-state index contributed by atoms with van der Waals surface area (Å²) in [5.74, 6) is -1.41. The Labute approximate surface area is 105 Å². The van der Waals surface area contributed by atoms with Gasteiger partial charge in [-0.1, -0.05) is 0 Å². The van der Waals surface area contributed by atoms with Gasteiger partial charge in [0.1, 0.15) is 5.52 Å². The quantitative estimate of drug-likeness (QED) is 0.688. The van der Waals surface area contributed by atoms with E-state index in [0.29, 0.717) is 11.3 Å². The average molecular weight is 266 g/mol. The van der Waals surface area contributed by atoms with Crippen LogP contribution >= 0.6 is 12.2 Å². The molecule has 2 heterocycles. The lowest BCUT2D eigenvalue weighted by molar-refractivity contribution is 0.514. The standard InChI is InChI=1S/C11H8F2N4S/c1-16-5-4-8(15-16)17-10-7(14-11(17)18)3-2-6(12)9(10)13/h2-5H,1H3,(H,14,18). The van der Waals surface area contributed by atoms with Crippen LogP contribution in [0.25, 0.3) is 16.9 Å². The molecule has 0 aliphatic rings. The third-order valence-electron chi connectivity index (χ3n) is 2.67. The second kappa shape index (κ2) is 3.74. The topological polar surface area (TPSA) is 38.5 Å². The lowest BCUT2D eigenvalue weighted by Gasteiger charge is -2.01. The molecule has 0 bridgehead atoms. The first kappa shape index (κ1) is 11.1. The van der Waals surface area contributed by atoms with Gasteiger partial charge in [0, 0.05) is 19.3 Å². The van der Waals surface area contributed by atoms with Crippen molar-refractivity contribution in [2.45, 2.75) is 0 Å². The number of halogens is 2. The first-order valence-corrected chi connectivity index (χ1v) is 5.57. The average Bonchev–Trinajstić information content (AvgIpc) is 2.87. The SMILES string of the molecule is Cn1ccc(-n2c(=S)[nH]c3ccc(F)c(F)c32)n1. The Morgan fingerprint density at radius 3 is 2.72 bits per heavy atom. The van der Waals surface area contributed by atoms with Crippen LogP contribution in [0.3, 0.4) is 0 Å². The molecule has 0 atom stereocenters. The number of H-pyrrole nitrogens is 1. The van der Waals surface area contributed by atoms with E-state index in [0.717, 1.165) is 6.07 Å². The first-order chi connectivity index (χ1) is 8.58. The molecule has 0 fully saturated rings. The number of hydrogen-bond acceptors (Lipinski definition) is 2. The van der Waals surface area contributed by atoms with E-state index in [4.69, 9.17) is 12.2 Å². The molecule has 3 aromatic rings. The fourth-order valence-corrected chi connectivity index (χ4v) is 2.17. The third kappa shape index (κ3) is 1.47. The van der Waals surface area contributed by atoms with Crippen LogP contribution in [0.5, 0.6) is 0 Å². The van der Waals surface area contributed by atoms with Crippen molar-refractivity contribution in [1.82, 2.24) is 19.3 Å². The highest BCUT2D eigenvalue weighted by molar-refractivity contribution is 7.71. The van der Waals surface area contributed by atoms with Crippen molar-refractivity contribution in [3.63, 3.8) is 0 Å². The number of aryl methyl sites for hydroxylation is 1. The van der Waals surface area contributed by atoms with Crippen LogP contribution in [0, 0.1) is 16.4 Å². The fraction of sp³-hybridized carbons (Fsp3) is 0.0909. The number of imidazole rings is 1. The molecule has 0 aliphatic carbocycles. The Bertz CT molecular complexity index is 799. The molecule has 7 heteroatoms. The van der Waals surface area contributed by atoms with E-state index in [2.05, 4.69) is 10.1 Å². The lowest BCUT2D eigenvalue weighted by atomic mass is 10.3. The van der Waals surface area contributed by atoms with Gasteiger partial charge in [0.15, 0.2) is 22.2 Å². The van der Waals surface area contributed by atoms with Gasteiger partial charge in [0.25, 0.3) is 0 Å². The highest BCUT2D eigenvalue weighted by Crippen LogP contribution is 2.23. The van der Waals surface area contributed by atoms with E-state index >= 15 is 0 Å². The van der Waals surface area contributed by atoms with Crippen LogP contribution in [-0.2, 0) is 7.05 Å². The number of nitrogens with zero attached hydrogens (tertiary/aromatic N) is 3. The Morgan fingerprint density at radius 1 is 1.28 bits per heavy atom. The van der Waals surface area contributed by atoms with Crippen LogP contribution in [0.2, 0.25) is 0 Å². The molecule has 0 aliphatic heterocycles. The minimum absolute atomic E-state index is 0.0682. The van der Waals surface area contributed by atoms with Crippen LogP contribution < -0.4 is 0 Å². The number of nitrogens with one attached hydrogen (secondary N) is 1. The minimum atomic E-state index is -0.939. The van der Waals surface area contributed by atoms with Crippen molar-refractivity contribution in [1.29, 1.82) is 0 Å². The summed E-state index contributed by atoms with van der Waals surface area (Å²) in [6, 6.07) is 4.18. The zero-order valence-corrected chi connectivity index (χ0v) is 10.1. The van der Waals surface area contributed by atoms with Gasteiger partial charge >= 0.3 is 0 Å². The molecule has 18 heavy (non-hydrogen) atoms. The summed E-state index contributed by atoms with van der Waals surface area (Å²) in [6.45, 7) is 0. The predicted molar refractivity (Wildman–Crippen MR) is 65.1 cm³/mol. The summed E-state index contributed by atoms with van der Waals surface area (Å²) >= 11 is 5.12. The molecule has 0 saturated carbocycles. The second-order valence-electron chi connectivity index (χ2n) is 3.87. The molecule has 0 radical (unpaired) electrons. The van der Waals surface area contributed by atoms with E-state index in [-0.39, 0.29) is 10.3 Å². The number of hydrogen-bond donors (Lipinski definition) is 1. The van der Waals surface area contributed by atoms with Gasteiger partial charge < -0.3 is 4.98 Å². The molecular formula is C11H8F2N4S. The maximum atomic E-state index is 13.9. The molecule has 0 amide bonds. The molecule has 1 aromatic carbocycles. The Hall–Kier alpha value is -2.02. The number of fused-ring (bicyclic) bond motifs is 1. The Kier molecular flexibility index (Phi) is 2.30. The van der Waals surface area contributed by atoms with Gasteiger partial charge in [-0.05, 0) is 24.4 Å². The molecule has 1 N–H and O–H groups in total. The molecule has 0 saturated heterocycles. The van der Waals surface area contributed by atoms with Crippen molar-refractivity contribution in [2.24, 2.45) is 7.05 Å². The minimum Gasteiger partial charge on any atom is -0.330 e. The van der Waals surface area contributed by atoms with Crippen LogP contribution in [-0.4, -0.2) is 19.3 Å². The number of aromatic amines is 1. The van der Waals surface area contributed by atoms with Crippen molar-refractivity contribution < 1.29 is 8.78 Å². The van der Waals surface area contributed by atoms with E-state index in [1.54, 1.807) is 24.0 Å². The van der Waals surface area contributed by atoms with Crippen LogP contribution in [0.4, 0.5) is 8.78 Å². The maximum Gasteiger partial charge on any atom is 0.185 e. The van der Waals surface area contributed by atoms with E-state index in [1.807, 2.05) is 0 Å². The van der Waals surface area contributed by atoms with Crippen LogP contribution in [0.1, 0.15) is 0 Å². The maximum absolute atomic E-state index is 13.9. The van der Waals surface area contributed by atoms with Gasteiger partial charge in [-0.2, -0.15) is 5.10 Å². The van der Waals surface area contributed by atoms with Gasteiger partial charge in [-0.25, -0.2) is 8.78 Å². The smallest absolute Gasteiger partial charge is 0.185 e. The highest BCUT2D eigenvalue weighted by atomic mass is 32.1. The van der Waals surface area contributed by atoms with Crippen molar-refractivity contribution >= 4 is 23.3 Å². The van der Waals surface area contributed by atoms with Crippen molar-refractivity contribution in [2.75, 3.05) is 0 Å². The summed E-state index contributed by atoms with van der Waals surface area (Å²) in [4.78, 5) is 2.82. The second-order valence-corrected chi connectivity index (χ2v) is 4.26. The van der Waals surface area contributed by atoms with E-state index in [1.165, 1.54) is 10.6 Å². The molecule has 92 valence electrons. The highest BCUT2D eigenvalue weighted by Gasteiger charge is 2.15. The normalized spacial score (nSPS) is 11.3. The Balaban J connectivity index is 2.45. The number of aromatic nitrogens is 4. The van der Waals surface area contributed by atoms with Gasteiger partial charge in [0.2, 0.25) is 0 Å². The summed E-state index contributed by atoms with van der Waals surface area (Å²) in [7, 11) is 1.74. The van der Waals surface area contributed by atoms with Gasteiger partial charge in [-0.3, -0.25) is 9.25 Å². The zero-order chi connectivity index (χ0) is 12.9. The molecule has 4 nitrogen and oxygen atoms in total. The zero-order valence-electron chi connectivity index (χ0n) is 9.32. The molecular weight excluding hydrogens is 258 g/mol. The predicted octanol–water partition coefficient (Wildman–Crippen LogP) is 2.70. The summed E-state index contributed by atoms with van der Waals surface area (Å²) in [5, 5.41) is 4.14. The van der Waals surface area contributed by atoms with Crippen molar-refractivity contribution in [3.8, 4) is 5.82 Å². The fourth-order valence-electron chi connectivity index (χ4n) is 1.87. The number of rotatable bonds is 1. The van der Waals surface area contributed by atoms with Crippen LogP contribution in [0.15, 0.2) is 24.4 Å². The molecule has 2 aromatic heterocycles. The molecule has 0 spiro atoms. The molecule has 3 rings (SSSR count). The Morgan fingerprint density at radius 2 is 2.06 bits per heavy atom. The summed E-state index contributed by atoms with van der Waals surface area (Å²) in [6.07, 6.45) is 1.70. The largest absolute Gasteiger partial charge is 0.330 e. The van der Waals surface area contributed by atoms with Gasteiger partial charge in [-0.15, -0.1) is 0 Å². The summed E-state index contributed by atoms with van der Waals surface area (Å²) in [5.41, 5.74) is 0.503. The monoisotopic (exact) mass is 266 g/mol. The summed E-state index contributed by atoms with van der Waals surface area (Å²) < 4.78 is 30.4. The van der Waals surface area contributed by atoms with Gasteiger partial charge in [0.05, 0.1) is 5.52 Å². The third-order valence-corrected chi connectivity index (χ3v) is 2.95. The van der Waals surface area contributed by atoms with Crippen molar-refractivity contribution in [3.05, 3.63) is 40.8 Å².